The Morgan fingerprint density at radius 2 is 1.10 bits per heavy atom. The summed E-state index contributed by atoms with van der Waals surface area (Å²) >= 11 is 21.1. The summed E-state index contributed by atoms with van der Waals surface area (Å²) in [4.78, 5) is 79.9. The number of allylic oxidation sites excluding steroid dienone is 2. The molecule has 4 atom stereocenters. The maximum absolute atomic E-state index is 13.6. The Bertz CT molecular complexity index is 3870. The number of carbonyl (C=O) groups excluding carboxylic acids is 4. The van der Waals surface area contributed by atoms with Crippen molar-refractivity contribution >= 4 is 119 Å². The van der Waals surface area contributed by atoms with Crippen LogP contribution >= 0.6 is 50.7 Å². The van der Waals surface area contributed by atoms with Crippen molar-refractivity contribution in [2.45, 2.75) is 149 Å². The number of anilines is 4. The number of fused-ring (bicyclic) bond motifs is 2. The van der Waals surface area contributed by atoms with Gasteiger partial charge in [0, 0.05) is 112 Å². The molecule has 0 radical (unpaired) electrons. The first kappa shape index (κ1) is 73.4. The highest BCUT2D eigenvalue weighted by Crippen LogP contribution is 2.36. The molecule has 10 rings (SSSR count). The minimum Gasteiger partial charge on any atom is -0.444 e. The Morgan fingerprint density at radius 3 is 1.51 bits per heavy atom. The second-order valence-electron chi connectivity index (χ2n) is 25.3. The average Bonchev–Trinajstić information content (AvgIpc) is 1.70. The van der Waals surface area contributed by atoms with Gasteiger partial charge in [0.25, 0.3) is 0 Å². The molecule has 0 unspecified atom stereocenters. The monoisotopic (exact) mass is 1400 g/mol. The molecule has 19 nitrogen and oxygen atoms in total. The molecule has 0 aliphatic heterocycles. The molecule has 8 aromatic rings. The van der Waals surface area contributed by atoms with Crippen LogP contribution in [0.4, 0.5) is 32.9 Å². The van der Waals surface area contributed by atoms with Crippen LogP contribution < -0.4 is 21.7 Å². The van der Waals surface area contributed by atoms with E-state index in [2.05, 4.69) is 51.8 Å². The molecular formula is C71H87BrCl3N13O6. The van der Waals surface area contributed by atoms with Crippen LogP contribution in [0.2, 0.25) is 10.0 Å². The third kappa shape index (κ3) is 22.0. The van der Waals surface area contributed by atoms with Gasteiger partial charge in [0.1, 0.15) is 11.2 Å². The lowest BCUT2D eigenvalue weighted by Crippen LogP contribution is -2.46. The first-order valence-electron chi connectivity index (χ1n) is 31.1. The summed E-state index contributed by atoms with van der Waals surface area (Å²) in [6.07, 6.45) is 19.7. The van der Waals surface area contributed by atoms with E-state index in [9.17, 15) is 19.2 Å². The molecular weight excluding hydrogens is 1320 g/mol. The molecule has 0 bridgehead atoms. The Balaban J connectivity index is 0.000000242. The predicted octanol–water partition coefficient (Wildman–Crippen LogP) is 16.9. The number of rotatable bonds is 18. The van der Waals surface area contributed by atoms with Gasteiger partial charge in [0.05, 0.1) is 33.8 Å². The van der Waals surface area contributed by atoms with Gasteiger partial charge < -0.3 is 55.8 Å². The first-order valence-corrected chi connectivity index (χ1v) is 33.3. The maximum atomic E-state index is 13.6. The zero-order valence-electron chi connectivity index (χ0n) is 53.8. The molecule has 4 aromatic carbocycles. The van der Waals surface area contributed by atoms with Crippen LogP contribution in [0.5, 0.6) is 0 Å². The maximum Gasteiger partial charge on any atom is 0.410 e. The first-order chi connectivity index (χ1) is 44.4. The Hall–Kier alpha value is -8.01. The second kappa shape index (κ2) is 34.4. The number of nitrogens with zero attached hydrogens (tertiary/aromatic N) is 7. The summed E-state index contributed by atoms with van der Waals surface area (Å²) in [6, 6.07) is 31.4. The number of para-hydroxylation sites is 2. The van der Waals surface area contributed by atoms with Crippen molar-refractivity contribution in [3.8, 4) is 22.5 Å². The van der Waals surface area contributed by atoms with Crippen molar-refractivity contribution in [1.29, 1.82) is 0 Å². The average molecular weight is 1400 g/mol. The number of aromatic nitrogens is 6. The largest absolute Gasteiger partial charge is 0.444 e. The number of ether oxygens (including phenoxy) is 2. The van der Waals surface area contributed by atoms with E-state index in [1.807, 2.05) is 186 Å². The van der Waals surface area contributed by atoms with E-state index in [4.69, 9.17) is 60.0 Å². The minimum atomic E-state index is -0.633. The number of halogens is 4. The normalized spacial score (nSPS) is 16.5. The van der Waals surface area contributed by atoms with Crippen molar-refractivity contribution in [3.63, 3.8) is 0 Å². The van der Waals surface area contributed by atoms with Gasteiger partial charge in [-0.15, -0.1) is 0 Å². The molecule has 4 aromatic heterocycles. The number of nitrogen functional groups attached to an aromatic ring is 1. The fourth-order valence-electron chi connectivity index (χ4n) is 11.0. The number of likely N-dealkylation sites (N-methyl/N-ethyl adjacent to an activating group) is 1. The smallest absolute Gasteiger partial charge is 0.410 e. The highest BCUT2D eigenvalue weighted by molar-refractivity contribution is 9.09. The molecule has 2 aliphatic rings. The Morgan fingerprint density at radius 1 is 0.649 bits per heavy atom. The lowest BCUT2D eigenvalue weighted by molar-refractivity contribution is -0.112. The number of nitrogens with two attached hydrogens (primary N) is 1. The van der Waals surface area contributed by atoms with E-state index in [0.717, 1.165) is 89.0 Å². The highest BCUT2D eigenvalue weighted by Gasteiger charge is 2.35. The van der Waals surface area contributed by atoms with Gasteiger partial charge in [-0.2, -0.15) is 0 Å². The van der Waals surface area contributed by atoms with Crippen molar-refractivity contribution in [2.24, 2.45) is 0 Å². The van der Waals surface area contributed by atoms with Gasteiger partial charge in [0.15, 0.2) is 0 Å². The fraction of sp³-hybridized carbons (Fsp3) is 0.380. The minimum absolute atomic E-state index is 0. The number of nitrogens with one attached hydrogen (secondary N) is 5. The van der Waals surface area contributed by atoms with Crippen molar-refractivity contribution < 1.29 is 28.7 Å². The summed E-state index contributed by atoms with van der Waals surface area (Å²) in [5.74, 6) is 0.833. The van der Waals surface area contributed by atoms with E-state index in [0.29, 0.717) is 76.1 Å². The van der Waals surface area contributed by atoms with E-state index >= 15 is 0 Å². The molecule has 2 aliphatic carbocycles. The molecule has 4 heterocycles. The molecule has 3 amide bonds. The van der Waals surface area contributed by atoms with E-state index in [1.165, 1.54) is 12.2 Å². The number of hydrogen-bond donors (Lipinski definition) is 6. The number of amides is 3. The van der Waals surface area contributed by atoms with Gasteiger partial charge in [-0.1, -0.05) is 119 Å². The molecule has 0 spiro atoms. The van der Waals surface area contributed by atoms with Gasteiger partial charge in [0.2, 0.25) is 23.0 Å². The SMILES string of the molecule is C.CC(C)(C)OC(=O)N(Cc1ccc(N)cc1)[C@H]1CCC[C@@H](Nc2ncc(Cl)c(-c3c[nH]c4ccccc34)n2)C1.CN(C)C/C=C/C(=O)Nc1ccc(CN(C(=O)OC(C)(C)C)[C@H]2CCC[C@@H](Nc3ncc(Cl)c(-c4c[nH]c5ccccc45)n3)C2)cc1.O=C(Cl)/C=C/CBr. The lowest BCUT2D eigenvalue weighted by Gasteiger charge is -2.38. The van der Waals surface area contributed by atoms with Gasteiger partial charge in [-0.3, -0.25) is 9.59 Å². The summed E-state index contributed by atoms with van der Waals surface area (Å²) < 4.78 is 11.7. The second-order valence-corrected chi connectivity index (χ2v) is 27.1. The summed E-state index contributed by atoms with van der Waals surface area (Å²) in [5.41, 5.74) is 13.2. The lowest BCUT2D eigenvalue weighted by atomic mass is 9.90. The van der Waals surface area contributed by atoms with Gasteiger partial charge in [-0.25, -0.2) is 29.5 Å². The zero-order valence-corrected chi connectivity index (χ0v) is 57.7. The van der Waals surface area contributed by atoms with Crippen molar-refractivity contribution in [2.75, 3.05) is 47.7 Å². The van der Waals surface area contributed by atoms with Crippen molar-refractivity contribution in [3.05, 3.63) is 167 Å². The number of benzene rings is 4. The molecule has 0 saturated heterocycles. The molecule has 94 heavy (non-hydrogen) atoms. The molecule has 500 valence electrons. The Kier molecular flexibility index (Phi) is 26.9. The summed E-state index contributed by atoms with van der Waals surface area (Å²) in [6.45, 7) is 12.8. The van der Waals surface area contributed by atoms with Gasteiger partial charge >= 0.3 is 12.2 Å². The van der Waals surface area contributed by atoms with Gasteiger partial charge in [-0.05, 0) is 172 Å². The molecule has 23 heteroatoms. The van der Waals surface area contributed by atoms with Crippen LogP contribution in [0, 0.1) is 0 Å². The zero-order chi connectivity index (χ0) is 66.8. The van der Waals surface area contributed by atoms with Crippen LogP contribution in [-0.2, 0) is 32.2 Å². The quantitative estimate of drug-likeness (QED) is 0.0203. The third-order valence-electron chi connectivity index (χ3n) is 15.3. The van der Waals surface area contributed by atoms with Crippen LogP contribution in [0.1, 0.15) is 111 Å². The number of alkyl halides is 1. The number of carbonyl (C=O) groups is 4. The summed E-state index contributed by atoms with van der Waals surface area (Å²) in [7, 11) is 3.89. The summed E-state index contributed by atoms with van der Waals surface area (Å²) in [5, 5.41) is 13.2. The van der Waals surface area contributed by atoms with E-state index < -0.39 is 16.4 Å². The third-order valence-corrected chi connectivity index (χ3v) is 16.3. The fourth-order valence-corrected chi connectivity index (χ4v) is 11.7. The van der Waals surface area contributed by atoms with Crippen LogP contribution in [0.25, 0.3) is 44.3 Å². The number of hydrogen-bond acceptors (Lipinski definition) is 14. The molecule has 7 N–H and O–H groups in total. The standard InChI is InChI=1S/C36H44ClN7O3.C30H35ClN6O2.C4H4BrClO.CH4/c1-36(2,3)47-35(46)44(23-24-15-17-25(18-16-24)40-32(45)14-9-19-43(4)5)27-11-8-10-26(20-27)41-34-39-22-30(37)33(42-34)29-21-38-31-13-7-6-12-28(29)31;1-30(2,3)39-29(38)37(18-19-11-13-20(32)14-12-19)22-8-6-7-21(15-22)35-28-34-17-25(31)27(36-28)24-16-33-26-10-5-4-9-23(24)26;5-3-1-2-4(6)7;/h6-7,9,12-18,21-22,26-27,38H,8,10-11,19-20,23H2,1-5H3,(H,40,45)(H,39,41,42);4-5,9-14,16-17,21-22,33H,6-8,15,18,32H2,1-3H3,(H,34,35,36);1-2H,3H2;1H4/b14-9+;;2-1+;/t26-,27+;21-,22+;;/m11../s1. The predicted molar refractivity (Wildman–Crippen MR) is 386 cm³/mol. The Labute approximate surface area is 575 Å². The van der Waals surface area contributed by atoms with Crippen molar-refractivity contribution in [1.82, 2.24) is 44.6 Å². The van der Waals surface area contributed by atoms with E-state index in [1.54, 1.807) is 18.5 Å². The number of aromatic amines is 2. The molecule has 2 fully saturated rings. The van der Waals surface area contributed by atoms with E-state index in [-0.39, 0.29) is 49.7 Å². The van der Waals surface area contributed by atoms with Crippen LogP contribution in [-0.4, -0.2) is 129 Å². The van der Waals surface area contributed by atoms with Crippen LogP contribution in [0.15, 0.2) is 146 Å². The van der Waals surface area contributed by atoms with Crippen LogP contribution in [0.3, 0.4) is 0 Å². The molecule has 2 saturated carbocycles. The number of H-pyrrole nitrogens is 2. The topological polar surface area (TPSA) is 242 Å². The highest BCUT2D eigenvalue weighted by atomic mass is 79.9.